The molecule has 1 aromatic rings. The highest BCUT2D eigenvalue weighted by molar-refractivity contribution is 8.00. The van der Waals surface area contributed by atoms with Crippen molar-refractivity contribution in [2.24, 2.45) is 0 Å². The van der Waals surface area contributed by atoms with Crippen LogP contribution in [0.2, 0.25) is 0 Å². The standard InChI is InChI=1S/C15H22FN3OS/c1-10(19-6-7-21-15(2,3)9-19)14(20)18-11-4-5-12(16)13(17)8-11/h4-5,8,10H,6-7,9,17H2,1-3H3,(H,18,20). The fourth-order valence-electron chi connectivity index (χ4n) is 2.42. The number of halogens is 1. The lowest BCUT2D eigenvalue weighted by molar-refractivity contribution is -0.120. The van der Waals surface area contributed by atoms with Gasteiger partial charge in [-0.25, -0.2) is 4.39 Å². The molecule has 6 heteroatoms. The molecule has 4 nitrogen and oxygen atoms in total. The number of hydrogen-bond donors (Lipinski definition) is 2. The van der Waals surface area contributed by atoms with Crippen LogP contribution in [0.3, 0.4) is 0 Å². The average molecular weight is 311 g/mol. The Hall–Kier alpha value is -1.27. The lowest BCUT2D eigenvalue weighted by Crippen LogP contribution is -2.51. The Morgan fingerprint density at radius 2 is 2.24 bits per heavy atom. The molecule has 0 bridgehead atoms. The molecule has 1 saturated heterocycles. The van der Waals surface area contributed by atoms with Gasteiger partial charge in [-0.3, -0.25) is 9.69 Å². The zero-order valence-electron chi connectivity index (χ0n) is 12.6. The van der Waals surface area contributed by atoms with E-state index in [2.05, 4.69) is 24.1 Å². The summed E-state index contributed by atoms with van der Waals surface area (Å²) < 4.78 is 13.3. The minimum Gasteiger partial charge on any atom is -0.396 e. The van der Waals surface area contributed by atoms with Crippen LogP contribution < -0.4 is 11.1 Å². The number of rotatable bonds is 3. The summed E-state index contributed by atoms with van der Waals surface area (Å²) in [5, 5.41) is 2.80. The smallest absolute Gasteiger partial charge is 0.241 e. The van der Waals surface area contributed by atoms with Crippen LogP contribution in [-0.2, 0) is 4.79 Å². The van der Waals surface area contributed by atoms with Crippen LogP contribution in [0.4, 0.5) is 15.8 Å². The van der Waals surface area contributed by atoms with Gasteiger partial charge in [0.25, 0.3) is 0 Å². The molecule has 0 spiro atoms. The molecule has 1 atom stereocenters. The fourth-order valence-corrected chi connectivity index (χ4v) is 3.55. The van der Waals surface area contributed by atoms with Crippen LogP contribution in [0.1, 0.15) is 20.8 Å². The Bertz CT molecular complexity index is 536. The highest BCUT2D eigenvalue weighted by Gasteiger charge is 2.32. The summed E-state index contributed by atoms with van der Waals surface area (Å²) in [7, 11) is 0. The number of benzene rings is 1. The van der Waals surface area contributed by atoms with Crippen molar-refractivity contribution in [1.29, 1.82) is 0 Å². The number of carbonyl (C=O) groups excluding carboxylic acids is 1. The molecule has 116 valence electrons. The van der Waals surface area contributed by atoms with Gasteiger partial charge in [0.1, 0.15) is 5.82 Å². The summed E-state index contributed by atoms with van der Waals surface area (Å²) in [6.07, 6.45) is 0. The van der Waals surface area contributed by atoms with Gasteiger partial charge in [0.05, 0.1) is 11.7 Å². The van der Waals surface area contributed by atoms with Gasteiger partial charge in [-0.2, -0.15) is 11.8 Å². The highest BCUT2D eigenvalue weighted by Crippen LogP contribution is 2.30. The molecular weight excluding hydrogens is 289 g/mol. The van der Waals surface area contributed by atoms with E-state index in [1.54, 1.807) is 0 Å². The second-order valence-electron chi connectivity index (χ2n) is 5.98. The number of amides is 1. The molecule has 1 aliphatic rings. The van der Waals surface area contributed by atoms with E-state index < -0.39 is 5.82 Å². The van der Waals surface area contributed by atoms with Gasteiger partial charge in [0.15, 0.2) is 0 Å². The topological polar surface area (TPSA) is 58.4 Å². The molecule has 1 heterocycles. The van der Waals surface area contributed by atoms with Gasteiger partial charge in [0.2, 0.25) is 5.91 Å². The zero-order valence-corrected chi connectivity index (χ0v) is 13.5. The van der Waals surface area contributed by atoms with Crippen molar-refractivity contribution in [1.82, 2.24) is 4.90 Å². The van der Waals surface area contributed by atoms with Crippen LogP contribution in [-0.4, -0.2) is 40.4 Å². The molecule has 3 N–H and O–H groups in total. The maximum absolute atomic E-state index is 13.1. The second-order valence-corrected chi connectivity index (χ2v) is 7.78. The Morgan fingerprint density at radius 3 is 2.86 bits per heavy atom. The first-order valence-electron chi connectivity index (χ1n) is 7.02. The monoisotopic (exact) mass is 311 g/mol. The quantitative estimate of drug-likeness (QED) is 0.842. The van der Waals surface area contributed by atoms with Crippen molar-refractivity contribution in [3.63, 3.8) is 0 Å². The Labute approximate surface area is 129 Å². The number of hydrogen-bond acceptors (Lipinski definition) is 4. The maximum atomic E-state index is 13.1. The van der Waals surface area contributed by atoms with Gasteiger partial charge in [0, 0.05) is 29.3 Å². The lowest BCUT2D eigenvalue weighted by atomic mass is 10.1. The number of nitrogens with two attached hydrogens (primary N) is 1. The van der Waals surface area contributed by atoms with Gasteiger partial charge >= 0.3 is 0 Å². The second kappa shape index (κ2) is 6.23. The largest absolute Gasteiger partial charge is 0.396 e. The van der Waals surface area contributed by atoms with Crippen molar-refractivity contribution in [3.05, 3.63) is 24.0 Å². The molecule has 0 saturated carbocycles. The first kappa shape index (κ1) is 16.1. The van der Waals surface area contributed by atoms with E-state index in [0.717, 1.165) is 18.8 Å². The summed E-state index contributed by atoms with van der Waals surface area (Å²) in [6.45, 7) is 8.05. The van der Waals surface area contributed by atoms with Gasteiger partial charge < -0.3 is 11.1 Å². The van der Waals surface area contributed by atoms with Crippen LogP contribution in [0.15, 0.2) is 18.2 Å². The Balaban J connectivity index is 2.00. The van der Waals surface area contributed by atoms with E-state index in [-0.39, 0.29) is 22.4 Å². The molecule has 21 heavy (non-hydrogen) atoms. The fraction of sp³-hybridized carbons (Fsp3) is 0.533. The molecule has 1 unspecified atom stereocenters. The summed E-state index contributed by atoms with van der Waals surface area (Å²) in [5.41, 5.74) is 6.07. The molecule has 1 fully saturated rings. The van der Waals surface area contributed by atoms with E-state index in [1.165, 1.54) is 18.2 Å². The molecular formula is C15H22FN3OS. The number of anilines is 2. The number of thioether (sulfide) groups is 1. The summed E-state index contributed by atoms with van der Waals surface area (Å²) in [5.74, 6) is 0.452. The molecule has 1 aromatic carbocycles. The van der Waals surface area contributed by atoms with E-state index >= 15 is 0 Å². The van der Waals surface area contributed by atoms with E-state index in [4.69, 9.17) is 5.73 Å². The molecule has 1 aliphatic heterocycles. The van der Waals surface area contributed by atoms with Crippen LogP contribution in [0.25, 0.3) is 0 Å². The highest BCUT2D eigenvalue weighted by atomic mass is 32.2. The number of carbonyl (C=O) groups is 1. The number of nitrogens with zero attached hydrogens (tertiary/aromatic N) is 1. The summed E-state index contributed by atoms with van der Waals surface area (Å²) in [6, 6.07) is 4.00. The van der Waals surface area contributed by atoms with E-state index in [9.17, 15) is 9.18 Å². The number of nitrogen functional groups attached to an aromatic ring is 1. The SMILES string of the molecule is CC(C(=O)Nc1ccc(F)c(N)c1)N1CCSC(C)(C)C1. The molecule has 0 aromatic heterocycles. The first-order valence-corrected chi connectivity index (χ1v) is 8.01. The third kappa shape index (κ3) is 4.11. The van der Waals surface area contributed by atoms with Crippen LogP contribution in [0.5, 0.6) is 0 Å². The average Bonchev–Trinajstić information content (AvgIpc) is 2.41. The zero-order chi connectivity index (χ0) is 15.6. The van der Waals surface area contributed by atoms with Crippen molar-refractivity contribution in [2.75, 3.05) is 29.9 Å². The minimum absolute atomic E-state index is 0.0379. The molecule has 1 amide bonds. The molecule has 0 radical (unpaired) electrons. The third-order valence-electron chi connectivity index (χ3n) is 3.65. The number of nitrogens with one attached hydrogen (secondary N) is 1. The van der Waals surface area contributed by atoms with E-state index in [1.807, 2.05) is 18.7 Å². The van der Waals surface area contributed by atoms with Crippen molar-refractivity contribution < 1.29 is 9.18 Å². The van der Waals surface area contributed by atoms with E-state index in [0.29, 0.717) is 5.69 Å². The van der Waals surface area contributed by atoms with Crippen molar-refractivity contribution in [2.45, 2.75) is 31.6 Å². The van der Waals surface area contributed by atoms with Crippen molar-refractivity contribution >= 4 is 29.0 Å². The maximum Gasteiger partial charge on any atom is 0.241 e. The molecule has 2 rings (SSSR count). The molecule has 0 aliphatic carbocycles. The predicted octanol–water partition coefficient (Wildman–Crippen LogP) is 2.56. The lowest BCUT2D eigenvalue weighted by Gasteiger charge is -2.40. The van der Waals surface area contributed by atoms with Crippen LogP contribution in [0, 0.1) is 5.82 Å². The van der Waals surface area contributed by atoms with Crippen LogP contribution >= 0.6 is 11.8 Å². The van der Waals surface area contributed by atoms with Crippen molar-refractivity contribution in [3.8, 4) is 0 Å². The Kier molecular flexibility index (Phi) is 4.78. The minimum atomic E-state index is -0.476. The van der Waals surface area contributed by atoms with Gasteiger partial charge in [-0.15, -0.1) is 0 Å². The van der Waals surface area contributed by atoms with Gasteiger partial charge in [-0.1, -0.05) is 0 Å². The Morgan fingerprint density at radius 1 is 1.52 bits per heavy atom. The normalized spacial score (nSPS) is 20.0. The third-order valence-corrected chi connectivity index (χ3v) is 4.94. The first-order chi connectivity index (χ1) is 9.78. The van der Waals surface area contributed by atoms with Gasteiger partial charge in [-0.05, 0) is 39.0 Å². The summed E-state index contributed by atoms with van der Waals surface area (Å²) in [4.78, 5) is 14.5. The summed E-state index contributed by atoms with van der Waals surface area (Å²) >= 11 is 1.93. The predicted molar refractivity (Wildman–Crippen MR) is 87.0 cm³/mol.